The maximum Gasteiger partial charge on any atom is 0.141 e. The first-order valence-corrected chi connectivity index (χ1v) is 4.88. The highest BCUT2D eigenvalue weighted by atomic mass is 15.3. The van der Waals surface area contributed by atoms with E-state index in [1.54, 1.807) is 6.20 Å². The molecule has 0 unspecified atom stereocenters. The highest BCUT2D eigenvalue weighted by Gasteiger charge is 2.13. The first-order valence-electron chi connectivity index (χ1n) is 4.88. The first kappa shape index (κ1) is 9.92. The zero-order valence-electron chi connectivity index (χ0n) is 9.20. The van der Waals surface area contributed by atoms with Crippen LogP contribution in [-0.4, -0.2) is 19.7 Å². The number of aryl methyl sites for hydroxylation is 2. The number of imidazole rings is 1. The fourth-order valence-corrected chi connectivity index (χ4v) is 1.71. The van der Waals surface area contributed by atoms with E-state index in [9.17, 15) is 0 Å². The van der Waals surface area contributed by atoms with Crippen molar-refractivity contribution in [2.45, 2.75) is 20.4 Å². The second-order valence-corrected chi connectivity index (χ2v) is 3.63. The Morgan fingerprint density at radius 3 is 2.67 bits per heavy atom. The largest absolute Gasteiger partial charge is 0.341 e. The van der Waals surface area contributed by atoms with E-state index < -0.39 is 0 Å². The monoisotopic (exact) mass is 205 g/mol. The van der Waals surface area contributed by atoms with E-state index in [1.165, 1.54) is 0 Å². The summed E-state index contributed by atoms with van der Waals surface area (Å²) in [5.74, 6) is 0.846. The molecule has 0 atom stereocenters. The minimum Gasteiger partial charge on any atom is -0.341 e. The molecule has 2 aromatic heterocycles. The lowest BCUT2D eigenvalue weighted by atomic mass is 10.2. The van der Waals surface area contributed by atoms with Crippen LogP contribution in [0, 0.1) is 13.8 Å². The molecule has 0 aromatic carbocycles. The summed E-state index contributed by atoms with van der Waals surface area (Å²) in [5.41, 5.74) is 9.62. The zero-order chi connectivity index (χ0) is 11.0. The van der Waals surface area contributed by atoms with Gasteiger partial charge in [-0.25, -0.2) is 4.98 Å². The summed E-state index contributed by atoms with van der Waals surface area (Å²) < 4.78 is 1.86. The number of nitrogens with zero attached hydrogens (tertiary/aromatic N) is 3. The number of nitrogens with one attached hydrogen (secondary N) is 1. The molecule has 0 spiro atoms. The second kappa shape index (κ2) is 3.51. The average molecular weight is 205 g/mol. The third-order valence-electron chi connectivity index (χ3n) is 2.59. The van der Waals surface area contributed by atoms with Gasteiger partial charge < -0.3 is 10.7 Å². The van der Waals surface area contributed by atoms with Gasteiger partial charge in [0.05, 0.1) is 11.3 Å². The summed E-state index contributed by atoms with van der Waals surface area (Å²) >= 11 is 0. The Bertz CT molecular complexity index is 480. The molecule has 3 N–H and O–H groups in total. The Labute approximate surface area is 88.3 Å². The molecule has 0 aliphatic carbocycles. The Morgan fingerprint density at radius 1 is 1.47 bits per heavy atom. The maximum absolute atomic E-state index is 5.53. The average Bonchev–Trinajstić information content (AvgIpc) is 2.74. The molecule has 0 bridgehead atoms. The minimum absolute atomic E-state index is 0.478. The summed E-state index contributed by atoms with van der Waals surface area (Å²) in [6, 6.07) is 0. The summed E-state index contributed by atoms with van der Waals surface area (Å²) in [6.07, 6.45) is 1.77. The van der Waals surface area contributed by atoms with Crippen molar-refractivity contribution in [3.05, 3.63) is 23.3 Å². The Kier molecular flexibility index (Phi) is 2.32. The van der Waals surface area contributed by atoms with E-state index in [0.29, 0.717) is 6.54 Å². The van der Waals surface area contributed by atoms with Crippen molar-refractivity contribution in [1.82, 2.24) is 19.7 Å². The third-order valence-corrected chi connectivity index (χ3v) is 2.59. The lowest BCUT2D eigenvalue weighted by molar-refractivity contribution is 0.731. The number of H-pyrrole nitrogens is 1. The van der Waals surface area contributed by atoms with Crippen LogP contribution < -0.4 is 5.73 Å². The van der Waals surface area contributed by atoms with Crippen LogP contribution >= 0.6 is 0 Å². The van der Waals surface area contributed by atoms with Gasteiger partial charge in [-0.2, -0.15) is 5.10 Å². The molecule has 0 radical (unpaired) electrons. The van der Waals surface area contributed by atoms with Gasteiger partial charge in [-0.3, -0.25) is 4.68 Å². The number of nitrogens with two attached hydrogens (primary N) is 1. The normalized spacial score (nSPS) is 10.9. The lowest BCUT2D eigenvalue weighted by Crippen LogP contribution is -1.96. The molecule has 2 heterocycles. The number of aromatic amines is 1. The number of hydrogen-bond acceptors (Lipinski definition) is 3. The van der Waals surface area contributed by atoms with Crippen LogP contribution in [0.3, 0.4) is 0 Å². The molecule has 2 rings (SSSR count). The Morgan fingerprint density at radius 2 is 2.20 bits per heavy atom. The van der Waals surface area contributed by atoms with Gasteiger partial charge >= 0.3 is 0 Å². The van der Waals surface area contributed by atoms with Crippen molar-refractivity contribution in [2.24, 2.45) is 12.8 Å². The van der Waals surface area contributed by atoms with Crippen molar-refractivity contribution in [3.63, 3.8) is 0 Å². The topological polar surface area (TPSA) is 72.5 Å². The summed E-state index contributed by atoms with van der Waals surface area (Å²) in [7, 11) is 1.93. The smallest absolute Gasteiger partial charge is 0.141 e. The first-order chi connectivity index (χ1) is 7.13. The fourth-order valence-electron chi connectivity index (χ4n) is 1.71. The fraction of sp³-hybridized carbons (Fsp3) is 0.400. The quantitative estimate of drug-likeness (QED) is 0.764. The van der Waals surface area contributed by atoms with Crippen molar-refractivity contribution in [1.29, 1.82) is 0 Å². The molecular weight excluding hydrogens is 190 g/mol. The lowest BCUT2D eigenvalue weighted by Gasteiger charge is -1.97. The second-order valence-electron chi connectivity index (χ2n) is 3.63. The molecule has 0 amide bonds. The Balaban J connectivity index is 2.53. The number of rotatable bonds is 2. The van der Waals surface area contributed by atoms with E-state index >= 15 is 0 Å². The summed E-state index contributed by atoms with van der Waals surface area (Å²) in [6.45, 7) is 4.48. The van der Waals surface area contributed by atoms with Crippen LogP contribution in [0.15, 0.2) is 6.20 Å². The highest BCUT2D eigenvalue weighted by Crippen LogP contribution is 2.23. The number of aromatic nitrogens is 4. The van der Waals surface area contributed by atoms with Crippen LogP contribution in [0.2, 0.25) is 0 Å². The van der Waals surface area contributed by atoms with Gasteiger partial charge in [0.25, 0.3) is 0 Å². The van der Waals surface area contributed by atoms with Gasteiger partial charge in [-0.15, -0.1) is 0 Å². The maximum atomic E-state index is 5.53. The van der Waals surface area contributed by atoms with E-state index in [2.05, 4.69) is 15.1 Å². The minimum atomic E-state index is 0.478. The third kappa shape index (κ3) is 1.55. The molecule has 2 aromatic rings. The standard InChI is InChI=1S/C10H15N5/c1-6-9(7(2)15(3)14-6)10-12-5-8(4-11)13-10/h5H,4,11H2,1-3H3,(H,12,13). The van der Waals surface area contributed by atoms with Gasteiger partial charge in [0.1, 0.15) is 5.82 Å². The van der Waals surface area contributed by atoms with E-state index in [4.69, 9.17) is 5.73 Å². The number of hydrogen-bond donors (Lipinski definition) is 2. The van der Waals surface area contributed by atoms with Crippen LogP contribution in [0.1, 0.15) is 17.1 Å². The van der Waals surface area contributed by atoms with Crippen LogP contribution in [0.5, 0.6) is 0 Å². The van der Waals surface area contributed by atoms with Gasteiger partial charge in [-0.05, 0) is 13.8 Å². The molecule has 0 aliphatic rings. The van der Waals surface area contributed by atoms with E-state index in [1.807, 2.05) is 25.6 Å². The van der Waals surface area contributed by atoms with Gasteiger partial charge in [0.15, 0.2) is 0 Å². The summed E-state index contributed by atoms with van der Waals surface area (Å²) in [5, 5.41) is 4.35. The molecule has 5 nitrogen and oxygen atoms in total. The van der Waals surface area contributed by atoms with Gasteiger partial charge in [0.2, 0.25) is 0 Å². The Hall–Kier alpha value is -1.62. The molecule has 0 aliphatic heterocycles. The van der Waals surface area contributed by atoms with Crippen LogP contribution in [0.4, 0.5) is 0 Å². The molecule has 15 heavy (non-hydrogen) atoms. The molecule has 0 fully saturated rings. The predicted octanol–water partition coefficient (Wildman–Crippen LogP) is 0.886. The van der Waals surface area contributed by atoms with E-state index in [-0.39, 0.29) is 0 Å². The van der Waals surface area contributed by atoms with Crippen LogP contribution in [-0.2, 0) is 13.6 Å². The van der Waals surface area contributed by atoms with Crippen molar-refractivity contribution < 1.29 is 0 Å². The predicted molar refractivity (Wildman–Crippen MR) is 58.2 cm³/mol. The van der Waals surface area contributed by atoms with Gasteiger partial charge in [0, 0.05) is 31.2 Å². The van der Waals surface area contributed by atoms with Crippen molar-refractivity contribution in [3.8, 4) is 11.4 Å². The van der Waals surface area contributed by atoms with Gasteiger partial charge in [-0.1, -0.05) is 0 Å². The zero-order valence-corrected chi connectivity index (χ0v) is 9.20. The van der Waals surface area contributed by atoms with Crippen molar-refractivity contribution >= 4 is 0 Å². The van der Waals surface area contributed by atoms with Crippen molar-refractivity contribution in [2.75, 3.05) is 0 Å². The molecule has 5 heteroatoms. The SMILES string of the molecule is Cc1nn(C)c(C)c1-c1ncc(CN)[nH]1. The van der Waals surface area contributed by atoms with E-state index in [0.717, 1.165) is 28.5 Å². The summed E-state index contributed by atoms with van der Waals surface area (Å²) in [4.78, 5) is 7.49. The molecular formula is C10H15N5. The molecule has 0 saturated carbocycles. The van der Waals surface area contributed by atoms with Crippen LogP contribution in [0.25, 0.3) is 11.4 Å². The molecule has 80 valence electrons. The molecule has 0 saturated heterocycles. The highest BCUT2D eigenvalue weighted by molar-refractivity contribution is 5.61.